The maximum absolute atomic E-state index is 9.76. The molecule has 0 unspecified atom stereocenters. The van der Waals surface area contributed by atoms with Crippen LogP contribution in [0.15, 0.2) is 24.3 Å². The van der Waals surface area contributed by atoms with Gasteiger partial charge in [-0.05, 0) is 17.5 Å². The lowest BCUT2D eigenvalue weighted by Gasteiger charge is -2.23. The fourth-order valence-electron chi connectivity index (χ4n) is 1.96. The molecule has 1 aliphatic rings. The molecule has 0 aliphatic heterocycles. The number of benzene rings is 1. The molecule has 0 saturated heterocycles. The van der Waals surface area contributed by atoms with Crippen molar-refractivity contribution < 1.29 is 15.9 Å². The Morgan fingerprint density at radius 3 is 2.57 bits per heavy atom. The Hall–Kier alpha value is -0.900. The van der Waals surface area contributed by atoms with E-state index in [1.807, 2.05) is 24.3 Å². The zero-order chi connectivity index (χ0) is 10.2. The summed E-state index contributed by atoms with van der Waals surface area (Å²) < 4.78 is 0. The second kappa shape index (κ2) is 3.35. The van der Waals surface area contributed by atoms with Gasteiger partial charge in [0, 0.05) is 12.8 Å². The summed E-state index contributed by atoms with van der Waals surface area (Å²) in [4.78, 5) is 0. The summed E-state index contributed by atoms with van der Waals surface area (Å²) in [6, 6.07) is 7.60. The average Bonchev–Trinajstić information content (AvgIpc) is 2.25. The third kappa shape index (κ3) is 1.66. The van der Waals surface area contributed by atoms with Gasteiger partial charge in [-0.1, -0.05) is 24.3 Å². The van der Waals surface area contributed by atoms with Gasteiger partial charge in [-0.15, -0.1) is 0 Å². The van der Waals surface area contributed by atoms with Crippen LogP contribution in [-0.2, 0) is 12.8 Å². The molecule has 0 radical (unpaired) electrons. The highest BCUT2D eigenvalue weighted by Crippen LogP contribution is 2.24. The fourth-order valence-corrected chi connectivity index (χ4v) is 1.96. The van der Waals surface area contributed by atoms with Crippen molar-refractivity contribution in [1.29, 1.82) is 0 Å². The van der Waals surface area contributed by atoms with Crippen molar-refractivity contribution in [1.82, 2.24) is 0 Å². The van der Waals surface area contributed by atoms with Crippen LogP contribution in [0.5, 0.6) is 0 Å². The lowest BCUT2D eigenvalue weighted by molar-refractivity contribution is -0.482. The number of quaternary nitrogens is 1. The Morgan fingerprint density at radius 2 is 1.86 bits per heavy atom. The molecule has 3 heteroatoms. The van der Waals surface area contributed by atoms with Gasteiger partial charge in [-0.2, -0.15) is 0 Å². The highest BCUT2D eigenvalue weighted by Gasteiger charge is 2.37. The zero-order valence-electron chi connectivity index (χ0n) is 8.11. The third-order valence-corrected chi connectivity index (χ3v) is 2.98. The van der Waals surface area contributed by atoms with E-state index in [-0.39, 0.29) is 12.5 Å². The molecule has 1 aliphatic carbocycles. The molecule has 14 heavy (non-hydrogen) atoms. The molecular formula is C11H16NO2+. The van der Waals surface area contributed by atoms with Gasteiger partial charge in [0.05, 0.1) is 0 Å². The summed E-state index contributed by atoms with van der Waals surface area (Å²) in [5, 5.41) is 19.5. The number of aliphatic hydroxyl groups is 2. The van der Waals surface area contributed by atoms with Crippen molar-refractivity contribution in [3.63, 3.8) is 0 Å². The Kier molecular flexibility index (Phi) is 2.31. The molecule has 0 fully saturated rings. The first kappa shape index (κ1) is 9.65. The smallest absolute Gasteiger partial charge is 0.220 e. The first-order valence-electron chi connectivity index (χ1n) is 4.94. The van der Waals surface area contributed by atoms with Crippen molar-refractivity contribution in [3.05, 3.63) is 35.4 Å². The fraction of sp³-hybridized carbons (Fsp3) is 0.455. The minimum absolute atomic E-state index is 0.289. The van der Waals surface area contributed by atoms with Crippen molar-refractivity contribution >= 4 is 0 Å². The molecule has 0 saturated carbocycles. The number of rotatable bonds is 0. The summed E-state index contributed by atoms with van der Waals surface area (Å²) >= 11 is 0. The number of aryl methyl sites for hydroxylation is 1. The number of fused-ring (bicyclic) bond motifs is 1. The molecular weight excluding hydrogens is 178 g/mol. The molecule has 3 nitrogen and oxygen atoms in total. The SMILES string of the molecule is [NH3+][C@H]1CCc2ccccc2CC1(O)O. The van der Waals surface area contributed by atoms with Crippen molar-refractivity contribution in [2.24, 2.45) is 0 Å². The predicted octanol–water partition coefficient (Wildman–Crippen LogP) is -0.533. The predicted molar refractivity (Wildman–Crippen MR) is 52.3 cm³/mol. The van der Waals surface area contributed by atoms with E-state index < -0.39 is 5.79 Å². The van der Waals surface area contributed by atoms with Crippen molar-refractivity contribution in [3.8, 4) is 0 Å². The van der Waals surface area contributed by atoms with Crippen LogP contribution in [-0.4, -0.2) is 22.0 Å². The number of hydrogen-bond acceptors (Lipinski definition) is 2. The second-order valence-corrected chi connectivity index (χ2v) is 4.06. The Balaban J connectivity index is 2.36. The Morgan fingerprint density at radius 1 is 1.21 bits per heavy atom. The minimum atomic E-state index is -1.65. The standard InChI is InChI=1S/C11H15NO2/c12-10-6-5-8-3-1-2-4-9(8)7-11(10,13)14/h1-4,10,13-14H,5-7,12H2/p+1/t10-/m0/s1. The normalized spacial score (nSPS) is 25.2. The molecule has 76 valence electrons. The maximum Gasteiger partial charge on any atom is 0.220 e. The molecule has 1 atom stereocenters. The lowest BCUT2D eigenvalue weighted by Crippen LogP contribution is -2.71. The van der Waals surface area contributed by atoms with Crippen LogP contribution in [0.3, 0.4) is 0 Å². The van der Waals surface area contributed by atoms with Crippen LogP contribution < -0.4 is 5.73 Å². The molecule has 0 aromatic heterocycles. The molecule has 1 aromatic rings. The van der Waals surface area contributed by atoms with Crippen LogP contribution in [0.25, 0.3) is 0 Å². The molecule has 0 amide bonds. The quantitative estimate of drug-likeness (QED) is 0.384. The lowest BCUT2D eigenvalue weighted by atomic mass is 10.0. The molecule has 5 N–H and O–H groups in total. The first-order valence-corrected chi connectivity index (χ1v) is 4.94. The highest BCUT2D eigenvalue weighted by molar-refractivity contribution is 5.29. The van der Waals surface area contributed by atoms with Gasteiger partial charge in [-0.25, -0.2) is 0 Å². The Bertz CT molecular complexity index is 336. The van der Waals surface area contributed by atoms with E-state index in [1.165, 1.54) is 5.56 Å². The van der Waals surface area contributed by atoms with E-state index in [2.05, 4.69) is 5.73 Å². The van der Waals surface area contributed by atoms with Gasteiger partial charge >= 0.3 is 0 Å². The maximum atomic E-state index is 9.76. The number of hydrogen-bond donors (Lipinski definition) is 3. The summed E-state index contributed by atoms with van der Waals surface area (Å²) in [5.41, 5.74) is 6.04. The van der Waals surface area contributed by atoms with Gasteiger partial charge in [0.25, 0.3) is 0 Å². The minimum Gasteiger partial charge on any atom is -0.361 e. The monoisotopic (exact) mass is 194 g/mol. The van der Waals surface area contributed by atoms with Crippen LogP contribution >= 0.6 is 0 Å². The van der Waals surface area contributed by atoms with E-state index in [1.54, 1.807) is 0 Å². The summed E-state index contributed by atoms with van der Waals surface area (Å²) in [5.74, 6) is -1.65. The molecule has 0 spiro atoms. The van der Waals surface area contributed by atoms with E-state index in [9.17, 15) is 10.2 Å². The van der Waals surface area contributed by atoms with Gasteiger partial charge < -0.3 is 15.9 Å². The molecule has 0 heterocycles. The highest BCUT2D eigenvalue weighted by atomic mass is 16.5. The average molecular weight is 194 g/mol. The summed E-state index contributed by atoms with van der Waals surface area (Å²) in [6.07, 6.45) is 1.90. The summed E-state index contributed by atoms with van der Waals surface area (Å²) in [7, 11) is 0. The van der Waals surface area contributed by atoms with Crippen molar-refractivity contribution in [2.75, 3.05) is 0 Å². The van der Waals surface area contributed by atoms with Gasteiger partial charge in [0.2, 0.25) is 5.79 Å². The van der Waals surface area contributed by atoms with Crippen molar-refractivity contribution in [2.45, 2.75) is 31.1 Å². The molecule has 2 rings (SSSR count). The van der Waals surface area contributed by atoms with E-state index in [0.29, 0.717) is 0 Å². The first-order chi connectivity index (χ1) is 6.59. The van der Waals surface area contributed by atoms with Crippen LogP contribution in [0, 0.1) is 0 Å². The van der Waals surface area contributed by atoms with Crippen LogP contribution in [0.1, 0.15) is 17.5 Å². The van der Waals surface area contributed by atoms with E-state index in [4.69, 9.17) is 0 Å². The van der Waals surface area contributed by atoms with Gasteiger partial charge in [0.15, 0.2) is 0 Å². The largest absolute Gasteiger partial charge is 0.361 e. The second-order valence-electron chi connectivity index (χ2n) is 4.06. The Labute approximate surface area is 83.2 Å². The molecule has 0 bridgehead atoms. The van der Waals surface area contributed by atoms with Crippen LogP contribution in [0.4, 0.5) is 0 Å². The van der Waals surface area contributed by atoms with Gasteiger partial charge in [0.1, 0.15) is 6.04 Å². The zero-order valence-corrected chi connectivity index (χ0v) is 8.11. The van der Waals surface area contributed by atoms with E-state index in [0.717, 1.165) is 18.4 Å². The van der Waals surface area contributed by atoms with E-state index >= 15 is 0 Å². The third-order valence-electron chi connectivity index (χ3n) is 2.98. The van der Waals surface area contributed by atoms with Gasteiger partial charge in [-0.3, -0.25) is 0 Å². The van der Waals surface area contributed by atoms with Crippen LogP contribution in [0.2, 0.25) is 0 Å². The molecule has 1 aromatic carbocycles. The summed E-state index contributed by atoms with van der Waals surface area (Å²) in [6.45, 7) is 0. The topological polar surface area (TPSA) is 68.1 Å².